The molecule has 2 aliphatic heterocycles. The fraction of sp³-hybridized carbons (Fsp3) is 0.476. The second-order valence-electron chi connectivity index (χ2n) is 14.4. The molecule has 324 valence electrons. The van der Waals surface area contributed by atoms with Crippen LogP contribution in [0.4, 0.5) is 0 Å². The van der Waals surface area contributed by atoms with Crippen LogP contribution in [0.2, 0.25) is 0 Å². The minimum atomic E-state index is 0. The number of aromatic nitrogens is 2. The summed E-state index contributed by atoms with van der Waals surface area (Å²) >= 11 is 0. The molecule has 57 heavy (non-hydrogen) atoms. The van der Waals surface area contributed by atoms with Crippen LogP contribution in [0.25, 0.3) is 0 Å². The Labute approximate surface area is 379 Å². The van der Waals surface area contributed by atoms with Crippen LogP contribution in [-0.2, 0) is 13.2 Å². The molecular formula is C42H66Cl6N6O3. The smallest absolute Gasteiger partial charge is 0.131 e. The summed E-state index contributed by atoms with van der Waals surface area (Å²) in [4.78, 5) is 14.1. The normalized spacial score (nSPS) is 14.5. The summed E-state index contributed by atoms with van der Waals surface area (Å²) in [6, 6.07) is 27.3. The van der Waals surface area contributed by atoms with Crippen LogP contribution in [0.1, 0.15) is 101 Å². The van der Waals surface area contributed by atoms with Gasteiger partial charge in [0.1, 0.15) is 24.7 Å². The van der Waals surface area contributed by atoms with Crippen LogP contribution in [-0.4, -0.2) is 75.6 Å². The maximum Gasteiger partial charge on any atom is 0.131 e. The molecule has 0 aliphatic carbocycles. The molecule has 15 heteroatoms. The van der Waals surface area contributed by atoms with E-state index in [4.69, 9.17) is 9.47 Å². The van der Waals surface area contributed by atoms with Gasteiger partial charge < -0.3 is 25.6 Å². The van der Waals surface area contributed by atoms with Gasteiger partial charge in [-0.15, -0.1) is 74.4 Å². The number of halogens is 6. The van der Waals surface area contributed by atoms with E-state index in [1.54, 1.807) is 0 Å². The Morgan fingerprint density at radius 2 is 0.825 bits per heavy atom. The Hall–Kier alpha value is -2.12. The van der Waals surface area contributed by atoms with Gasteiger partial charge in [0, 0.05) is 73.9 Å². The van der Waals surface area contributed by atoms with E-state index in [-0.39, 0.29) is 92.0 Å². The van der Waals surface area contributed by atoms with Crippen molar-refractivity contribution in [1.29, 1.82) is 0 Å². The summed E-state index contributed by atoms with van der Waals surface area (Å²) in [6.07, 6.45) is 3.68. The van der Waals surface area contributed by atoms with Crippen LogP contribution >= 0.6 is 74.4 Å². The number of para-hydroxylation sites is 2. The third-order valence-electron chi connectivity index (χ3n) is 9.75. The number of pyridine rings is 2. The quantitative estimate of drug-likeness (QED) is 0.145. The highest BCUT2D eigenvalue weighted by atomic mass is 35.5. The zero-order valence-corrected chi connectivity index (χ0v) is 39.2. The predicted octanol–water partition coefficient (Wildman–Crippen LogP) is 9.25. The van der Waals surface area contributed by atoms with Gasteiger partial charge in [-0.1, -0.05) is 48.5 Å². The number of rotatable bonds is 12. The Morgan fingerprint density at radius 3 is 1.16 bits per heavy atom. The molecule has 4 aromatic rings. The lowest BCUT2D eigenvalue weighted by Gasteiger charge is -2.31. The van der Waals surface area contributed by atoms with Crippen LogP contribution in [0.15, 0.2) is 85.2 Å². The minimum Gasteiger partial charge on any atom is -0.487 e. The van der Waals surface area contributed by atoms with E-state index in [0.29, 0.717) is 37.4 Å². The number of nitrogens with one attached hydrogen (secondary N) is 2. The van der Waals surface area contributed by atoms with Gasteiger partial charge in [0.05, 0.1) is 23.5 Å². The monoisotopic (exact) mass is 912 g/mol. The topological polar surface area (TPSA) is 106 Å². The maximum absolute atomic E-state index is 6.00. The molecule has 6 rings (SSSR count). The molecule has 4 N–H and O–H groups in total. The van der Waals surface area contributed by atoms with Crippen LogP contribution in [0.3, 0.4) is 0 Å². The van der Waals surface area contributed by atoms with Gasteiger partial charge in [-0.25, -0.2) is 0 Å². The van der Waals surface area contributed by atoms with Gasteiger partial charge in [-0.05, 0) is 90.8 Å². The Balaban J connectivity index is -0.000000911. The number of benzene rings is 2. The lowest BCUT2D eigenvalue weighted by Crippen LogP contribution is -2.42. The molecule has 0 amide bonds. The van der Waals surface area contributed by atoms with Gasteiger partial charge >= 0.3 is 0 Å². The van der Waals surface area contributed by atoms with Crippen molar-refractivity contribution in [2.45, 2.75) is 105 Å². The Bertz CT molecular complexity index is 1440. The molecular weight excluding hydrogens is 849 g/mol. The molecule has 0 fully saturated rings. The van der Waals surface area contributed by atoms with Crippen LogP contribution < -0.4 is 20.1 Å². The summed E-state index contributed by atoms with van der Waals surface area (Å²) in [5.74, 6) is 1.89. The lowest BCUT2D eigenvalue weighted by molar-refractivity contribution is 0.174. The van der Waals surface area contributed by atoms with Crippen molar-refractivity contribution in [2.24, 2.45) is 0 Å². The highest BCUT2D eigenvalue weighted by Gasteiger charge is 2.26. The van der Waals surface area contributed by atoms with E-state index < -0.39 is 0 Å². The summed E-state index contributed by atoms with van der Waals surface area (Å²) in [7, 11) is 0. The number of ether oxygens (including phenoxy) is 2. The second-order valence-corrected chi connectivity index (χ2v) is 14.4. The van der Waals surface area contributed by atoms with Gasteiger partial charge in [0.25, 0.3) is 0 Å². The number of nitrogens with zero attached hydrogens (tertiary/aromatic N) is 4. The lowest BCUT2D eigenvalue weighted by atomic mass is 9.97. The average molecular weight is 916 g/mol. The SMILES string of the molecule is CC(C)N(CCNC1c2ccccc2OCc2ncccc21)C(C)C.CC(C)N(CCNC1c2ccccc2OCc2ncccc21)C(C)C.Cl.Cl.Cl.Cl.Cl.Cl.O. The summed E-state index contributed by atoms with van der Waals surface area (Å²) < 4.78 is 12.0. The fourth-order valence-corrected chi connectivity index (χ4v) is 7.34. The van der Waals surface area contributed by atoms with Crippen LogP contribution in [0.5, 0.6) is 11.5 Å². The van der Waals surface area contributed by atoms with Crippen molar-refractivity contribution in [3.05, 3.63) is 119 Å². The first kappa shape index (κ1) is 59.2. The molecule has 2 aromatic carbocycles. The maximum atomic E-state index is 6.00. The van der Waals surface area contributed by atoms with E-state index in [9.17, 15) is 0 Å². The molecule has 9 nitrogen and oxygen atoms in total. The number of hydrogen-bond acceptors (Lipinski definition) is 8. The van der Waals surface area contributed by atoms with Crippen molar-refractivity contribution < 1.29 is 14.9 Å². The zero-order valence-electron chi connectivity index (χ0n) is 34.3. The fourth-order valence-electron chi connectivity index (χ4n) is 7.34. The predicted molar refractivity (Wildman–Crippen MR) is 251 cm³/mol. The number of hydrogen-bond donors (Lipinski definition) is 2. The van der Waals surface area contributed by atoms with Crippen molar-refractivity contribution >= 4 is 74.4 Å². The first-order chi connectivity index (χ1) is 24.2. The minimum absolute atomic E-state index is 0. The highest BCUT2D eigenvalue weighted by molar-refractivity contribution is 5.86. The van der Waals surface area contributed by atoms with Crippen molar-refractivity contribution in [1.82, 2.24) is 30.4 Å². The third kappa shape index (κ3) is 15.8. The van der Waals surface area contributed by atoms with Crippen molar-refractivity contribution in [3.8, 4) is 11.5 Å². The largest absolute Gasteiger partial charge is 0.487 e. The van der Waals surface area contributed by atoms with Crippen molar-refractivity contribution in [3.63, 3.8) is 0 Å². The summed E-state index contributed by atoms with van der Waals surface area (Å²) in [5.41, 5.74) is 6.84. The molecule has 2 aliphatic rings. The molecule has 2 atom stereocenters. The Kier molecular flexibility index (Phi) is 30.3. The molecule has 0 spiro atoms. The summed E-state index contributed by atoms with van der Waals surface area (Å²) in [5, 5.41) is 7.51. The van der Waals surface area contributed by atoms with E-state index >= 15 is 0 Å². The van der Waals surface area contributed by atoms with Gasteiger partial charge in [0.2, 0.25) is 0 Å². The van der Waals surface area contributed by atoms with Gasteiger partial charge in [-0.2, -0.15) is 0 Å². The Morgan fingerprint density at radius 1 is 0.509 bits per heavy atom. The zero-order chi connectivity index (χ0) is 35.6. The van der Waals surface area contributed by atoms with E-state index in [1.165, 1.54) is 22.3 Å². The standard InChI is InChI=1S/2C21H29N3O.6ClH.H2O/c2*1-15(2)24(16(3)4)13-12-23-21-17-9-7-11-22-19(17)14-25-20-10-6-5-8-18(20)21;;;;;;;/h2*5-11,15-16,21,23H,12-14H2,1-4H3;6*1H;1H2. The van der Waals surface area contributed by atoms with Gasteiger partial charge in [0.15, 0.2) is 0 Å². The van der Waals surface area contributed by atoms with E-state index in [0.717, 1.165) is 49.1 Å². The van der Waals surface area contributed by atoms with Gasteiger partial charge in [-0.3, -0.25) is 19.8 Å². The van der Waals surface area contributed by atoms with Crippen molar-refractivity contribution in [2.75, 3.05) is 26.2 Å². The highest BCUT2D eigenvalue weighted by Crippen LogP contribution is 2.36. The molecule has 2 unspecified atom stereocenters. The third-order valence-corrected chi connectivity index (χ3v) is 9.75. The molecule has 0 bridgehead atoms. The molecule has 0 saturated heterocycles. The average Bonchev–Trinajstić information content (AvgIpc) is 3.36. The molecule has 0 radical (unpaired) electrons. The first-order valence-corrected chi connectivity index (χ1v) is 18.4. The van der Waals surface area contributed by atoms with Crippen LogP contribution in [0, 0.1) is 0 Å². The summed E-state index contributed by atoms with van der Waals surface area (Å²) in [6.45, 7) is 23.0. The second kappa shape index (κ2) is 29.2. The molecule has 0 saturated carbocycles. The first-order valence-electron chi connectivity index (χ1n) is 18.4. The van der Waals surface area contributed by atoms with E-state index in [1.807, 2.05) is 48.8 Å². The number of fused-ring (bicyclic) bond motifs is 4. The molecule has 2 aromatic heterocycles. The molecule has 4 heterocycles. The van der Waals surface area contributed by atoms with E-state index in [2.05, 4.69) is 122 Å².